The van der Waals surface area contributed by atoms with Crippen molar-refractivity contribution in [2.75, 3.05) is 56.7 Å². The second kappa shape index (κ2) is 10.5. The highest BCUT2D eigenvalue weighted by Crippen LogP contribution is 2.28. The van der Waals surface area contributed by atoms with E-state index in [0.29, 0.717) is 31.4 Å². The van der Waals surface area contributed by atoms with Crippen molar-refractivity contribution in [3.63, 3.8) is 0 Å². The number of nitrogens with zero attached hydrogens (tertiary/aromatic N) is 2. The predicted octanol–water partition coefficient (Wildman–Crippen LogP) is 1.92. The molecule has 0 spiro atoms. The molecule has 2 aromatic carbocycles. The first-order valence-corrected chi connectivity index (χ1v) is 12.9. The molecule has 0 unspecified atom stereocenters. The molecule has 2 aromatic rings. The summed E-state index contributed by atoms with van der Waals surface area (Å²) < 4.78 is 33.0. The van der Waals surface area contributed by atoms with Crippen molar-refractivity contribution in [2.45, 2.75) is 17.7 Å². The summed E-state index contributed by atoms with van der Waals surface area (Å²) in [4.78, 5) is 28.8. The molecule has 1 saturated carbocycles. The molecule has 10 heteroatoms. The minimum absolute atomic E-state index is 0.0391. The molecule has 9 nitrogen and oxygen atoms in total. The third-order valence-electron chi connectivity index (χ3n) is 5.91. The second-order valence-electron chi connectivity index (χ2n) is 8.68. The van der Waals surface area contributed by atoms with E-state index < -0.39 is 15.9 Å². The summed E-state index contributed by atoms with van der Waals surface area (Å²) in [5, 5.41) is 2.80. The van der Waals surface area contributed by atoms with Gasteiger partial charge in [0.15, 0.2) is 0 Å². The predicted molar refractivity (Wildman–Crippen MR) is 129 cm³/mol. The first-order valence-electron chi connectivity index (χ1n) is 11.4. The first-order chi connectivity index (χ1) is 16.3. The van der Waals surface area contributed by atoms with Crippen LogP contribution in [0.4, 0.5) is 11.4 Å². The van der Waals surface area contributed by atoms with Gasteiger partial charge in [-0.15, -0.1) is 0 Å². The van der Waals surface area contributed by atoms with Crippen molar-refractivity contribution < 1.29 is 22.7 Å². The van der Waals surface area contributed by atoms with Gasteiger partial charge >= 0.3 is 0 Å². The second-order valence-corrected chi connectivity index (χ2v) is 10.4. The van der Waals surface area contributed by atoms with E-state index in [2.05, 4.69) is 14.9 Å². The van der Waals surface area contributed by atoms with E-state index in [4.69, 9.17) is 4.74 Å². The molecule has 2 fully saturated rings. The van der Waals surface area contributed by atoms with E-state index in [1.165, 1.54) is 30.1 Å². The molecule has 182 valence electrons. The Morgan fingerprint density at radius 3 is 2.47 bits per heavy atom. The molecule has 2 N–H and O–H groups in total. The van der Waals surface area contributed by atoms with Crippen LogP contribution < -0.4 is 14.9 Å². The van der Waals surface area contributed by atoms with Crippen LogP contribution in [-0.2, 0) is 19.6 Å². The van der Waals surface area contributed by atoms with Gasteiger partial charge in [-0.25, -0.2) is 13.1 Å². The normalized spacial score (nSPS) is 16.2. The first kappa shape index (κ1) is 24.2. The molecule has 34 heavy (non-hydrogen) atoms. The van der Waals surface area contributed by atoms with E-state index in [9.17, 15) is 18.0 Å². The average Bonchev–Trinajstić information content (AvgIpc) is 3.68. The summed E-state index contributed by atoms with van der Waals surface area (Å²) >= 11 is 0. The quantitative estimate of drug-likeness (QED) is 0.561. The van der Waals surface area contributed by atoms with Gasteiger partial charge in [0.1, 0.15) is 0 Å². The fourth-order valence-corrected chi connectivity index (χ4v) is 4.88. The summed E-state index contributed by atoms with van der Waals surface area (Å²) in [6.07, 6.45) is 2.07. The standard InChI is InChI=1S/C24H30N4O5S/c1-27(17-23(29)26-20-7-9-21(10-8-20)28-11-13-33-14-12-28)24(30)19-3-2-4-22(15-19)34(31,32)25-16-18-5-6-18/h2-4,7-10,15,18,25H,5-6,11-14,16-17H2,1H3,(H,26,29). The maximum absolute atomic E-state index is 12.8. The molecule has 4 rings (SSSR count). The van der Waals surface area contributed by atoms with E-state index in [1.807, 2.05) is 24.3 Å². The van der Waals surface area contributed by atoms with E-state index >= 15 is 0 Å². The average molecular weight is 487 g/mol. The van der Waals surface area contributed by atoms with Gasteiger partial charge in [0.2, 0.25) is 15.9 Å². The maximum Gasteiger partial charge on any atom is 0.254 e. The molecule has 0 aromatic heterocycles. The number of morpholine rings is 1. The van der Waals surface area contributed by atoms with Gasteiger partial charge in [-0.1, -0.05) is 6.07 Å². The minimum atomic E-state index is -3.68. The van der Waals surface area contributed by atoms with Crippen LogP contribution in [0.5, 0.6) is 0 Å². The number of sulfonamides is 1. The van der Waals surface area contributed by atoms with Crippen molar-refractivity contribution in [3.8, 4) is 0 Å². The van der Waals surface area contributed by atoms with Crippen molar-refractivity contribution >= 4 is 33.2 Å². The lowest BCUT2D eigenvalue weighted by Crippen LogP contribution is -2.36. The zero-order chi connectivity index (χ0) is 24.1. The number of hydrogen-bond donors (Lipinski definition) is 2. The molecule has 1 saturated heterocycles. The Labute approximate surface area is 200 Å². The number of amides is 2. The van der Waals surface area contributed by atoms with Gasteiger partial charge in [-0.05, 0) is 61.2 Å². The Kier molecular flexibility index (Phi) is 7.50. The third-order valence-corrected chi connectivity index (χ3v) is 7.33. The molecule has 0 atom stereocenters. The van der Waals surface area contributed by atoms with Crippen LogP contribution in [0.2, 0.25) is 0 Å². The van der Waals surface area contributed by atoms with Crippen LogP contribution in [0.3, 0.4) is 0 Å². The lowest BCUT2D eigenvalue weighted by molar-refractivity contribution is -0.116. The van der Waals surface area contributed by atoms with Gasteiger partial charge < -0.3 is 19.9 Å². The van der Waals surface area contributed by atoms with E-state index in [1.54, 1.807) is 6.07 Å². The largest absolute Gasteiger partial charge is 0.378 e. The number of ether oxygens (including phenoxy) is 1. The van der Waals surface area contributed by atoms with Crippen LogP contribution >= 0.6 is 0 Å². The Morgan fingerprint density at radius 2 is 1.79 bits per heavy atom. The summed E-state index contributed by atoms with van der Waals surface area (Å²) in [7, 11) is -2.17. The Morgan fingerprint density at radius 1 is 1.09 bits per heavy atom. The molecule has 2 aliphatic rings. The zero-order valence-corrected chi connectivity index (χ0v) is 20.0. The van der Waals surface area contributed by atoms with Crippen LogP contribution in [-0.4, -0.2) is 71.6 Å². The van der Waals surface area contributed by atoms with Crippen molar-refractivity contribution in [1.29, 1.82) is 0 Å². The number of carbonyl (C=O) groups is 2. The van der Waals surface area contributed by atoms with Gasteiger partial charge in [0, 0.05) is 43.6 Å². The lowest BCUT2D eigenvalue weighted by atomic mass is 10.2. The highest BCUT2D eigenvalue weighted by molar-refractivity contribution is 7.89. The van der Waals surface area contributed by atoms with Crippen LogP contribution in [0.15, 0.2) is 53.4 Å². The Balaban J connectivity index is 1.32. The Bertz CT molecular complexity index is 1130. The Hall–Kier alpha value is -2.95. The van der Waals surface area contributed by atoms with Crippen molar-refractivity contribution in [2.24, 2.45) is 5.92 Å². The highest BCUT2D eigenvalue weighted by atomic mass is 32.2. The number of nitrogens with one attached hydrogen (secondary N) is 2. The minimum Gasteiger partial charge on any atom is -0.378 e. The molecule has 1 aliphatic heterocycles. The molecule has 1 heterocycles. The number of anilines is 2. The summed E-state index contributed by atoms with van der Waals surface area (Å²) in [6, 6.07) is 13.4. The molecular formula is C24H30N4O5S. The fourth-order valence-electron chi connectivity index (χ4n) is 3.71. The van der Waals surface area contributed by atoms with Crippen molar-refractivity contribution in [1.82, 2.24) is 9.62 Å². The fraction of sp³-hybridized carbons (Fsp3) is 0.417. The van der Waals surface area contributed by atoms with Gasteiger partial charge in [0.05, 0.1) is 24.7 Å². The highest BCUT2D eigenvalue weighted by Gasteiger charge is 2.25. The molecule has 1 aliphatic carbocycles. The number of benzene rings is 2. The number of carbonyl (C=O) groups excluding carboxylic acids is 2. The van der Waals surface area contributed by atoms with Crippen LogP contribution in [0, 0.1) is 5.92 Å². The summed E-state index contributed by atoms with van der Waals surface area (Å²) in [5.41, 5.74) is 1.91. The monoisotopic (exact) mass is 486 g/mol. The van der Waals surface area contributed by atoms with Gasteiger partial charge in [-0.3, -0.25) is 9.59 Å². The van der Waals surface area contributed by atoms with Crippen LogP contribution in [0.1, 0.15) is 23.2 Å². The maximum atomic E-state index is 12.8. The molecule has 2 amide bonds. The molecule has 0 radical (unpaired) electrons. The SMILES string of the molecule is CN(CC(=O)Nc1ccc(N2CCOCC2)cc1)C(=O)c1cccc(S(=O)(=O)NCC2CC2)c1. The van der Waals surface area contributed by atoms with Gasteiger partial charge in [0.25, 0.3) is 5.91 Å². The smallest absolute Gasteiger partial charge is 0.254 e. The number of rotatable bonds is 9. The van der Waals surface area contributed by atoms with Gasteiger partial charge in [-0.2, -0.15) is 0 Å². The lowest BCUT2D eigenvalue weighted by Gasteiger charge is -2.28. The summed E-state index contributed by atoms with van der Waals surface area (Å²) in [6.45, 7) is 3.31. The summed E-state index contributed by atoms with van der Waals surface area (Å²) in [5.74, 6) is -0.373. The van der Waals surface area contributed by atoms with E-state index in [-0.39, 0.29) is 22.9 Å². The number of hydrogen-bond acceptors (Lipinski definition) is 6. The topological polar surface area (TPSA) is 108 Å². The molecular weight excluding hydrogens is 456 g/mol. The van der Waals surface area contributed by atoms with E-state index in [0.717, 1.165) is 31.6 Å². The number of likely N-dealkylation sites (N-methyl/N-ethyl adjacent to an activating group) is 1. The van der Waals surface area contributed by atoms with Crippen molar-refractivity contribution in [3.05, 3.63) is 54.1 Å². The third kappa shape index (κ3) is 6.34. The molecule has 0 bridgehead atoms. The zero-order valence-electron chi connectivity index (χ0n) is 19.2. The van der Waals surface area contributed by atoms with Crippen LogP contribution in [0.25, 0.3) is 0 Å².